The first kappa shape index (κ1) is 28.8. The molecule has 1 nitrogen and oxygen atoms in total. The molecule has 0 saturated carbocycles. The van der Waals surface area contributed by atoms with Crippen molar-refractivity contribution < 1.29 is 0 Å². The van der Waals surface area contributed by atoms with Gasteiger partial charge in [0.25, 0.3) is 0 Å². The summed E-state index contributed by atoms with van der Waals surface area (Å²) in [6.07, 6.45) is 0. The number of para-hydroxylation sites is 2. The van der Waals surface area contributed by atoms with Crippen molar-refractivity contribution in [3.63, 3.8) is 0 Å². The molecule has 9 aromatic rings. The van der Waals surface area contributed by atoms with Crippen molar-refractivity contribution in [2.75, 3.05) is 4.90 Å². The molecule has 0 heterocycles. The van der Waals surface area contributed by atoms with Gasteiger partial charge in [0.15, 0.2) is 0 Å². The van der Waals surface area contributed by atoms with Gasteiger partial charge < -0.3 is 4.90 Å². The molecule has 9 rings (SSSR count). The van der Waals surface area contributed by atoms with Crippen molar-refractivity contribution in [1.82, 2.24) is 0 Å². The molecule has 230 valence electrons. The zero-order valence-corrected chi connectivity index (χ0v) is 27.0. The summed E-state index contributed by atoms with van der Waals surface area (Å²) < 4.78 is 0. The Morgan fingerprint density at radius 2 is 0.816 bits per heavy atom. The predicted octanol–water partition coefficient (Wildman–Crippen LogP) is 13.6. The first-order chi connectivity index (χ1) is 24.3. The summed E-state index contributed by atoms with van der Waals surface area (Å²) in [7, 11) is 0. The smallest absolute Gasteiger partial charge is 0.0540 e. The molecule has 0 spiro atoms. The molecule has 0 aliphatic rings. The molecular weight excluding hydrogens is 591 g/mol. The normalized spacial score (nSPS) is 11.3. The van der Waals surface area contributed by atoms with Gasteiger partial charge in [0, 0.05) is 16.9 Å². The molecule has 0 unspecified atom stereocenters. The van der Waals surface area contributed by atoms with E-state index in [-0.39, 0.29) is 0 Å². The van der Waals surface area contributed by atoms with E-state index in [9.17, 15) is 0 Å². The standard InChI is InChI=1S/C48H33N/c1-3-14-34(15-4-1)42-24-11-17-37-18-12-26-46(48(37)42)45-22-9-10-27-47(45)49(38-19-5-2-6-20-38)39-31-28-36(29-32-39)41-23-13-25-43-40-21-8-7-16-35(40)30-33-44(41)43/h1-33H. The maximum Gasteiger partial charge on any atom is 0.0540 e. The molecule has 0 aliphatic carbocycles. The number of rotatable bonds is 6. The molecule has 1 heteroatoms. The van der Waals surface area contributed by atoms with Gasteiger partial charge in [-0.3, -0.25) is 0 Å². The Morgan fingerprint density at radius 1 is 0.265 bits per heavy atom. The van der Waals surface area contributed by atoms with Gasteiger partial charge >= 0.3 is 0 Å². The van der Waals surface area contributed by atoms with Crippen LogP contribution >= 0.6 is 0 Å². The minimum atomic E-state index is 1.11. The summed E-state index contributed by atoms with van der Waals surface area (Å²) in [6.45, 7) is 0. The minimum absolute atomic E-state index is 1.11. The average molecular weight is 624 g/mol. The molecule has 0 N–H and O–H groups in total. The fourth-order valence-electron chi connectivity index (χ4n) is 7.41. The van der Waals surface area contributed by atoms with E-state index in [1.54, 1.807) is 0 Å². The maximum atomic E-state index is 2.39. The van der Waals surface area contributed by atoms with Crippen LogP contribution in [-0.2, 0) is 0 Å². The fraction of sp³-hybridized carbons (Fsp3) is 0. The first-order valence-electron chi connectivity index (χ1n) is 16.9. The summed E-state index contributed by atoms with van der Waals surface area (Å²) in [4.78, 5) is 2.39. The zero-order chi connectivity index (χ0) is 32.6. The van der Waals surface area contributed by atoms with Crippen LogP contribution in [0.3, 0.4) is 0 Å². The van der Waals surface area contributed by atoms with Crippen LogP contribution in [0.4, 0.5) is 17.1 Å². The zero-order valence-electron chi connectivity index (χ0n) is 27.0. The number of fused-ring (bicyclic) bond motifs is 4. The second-order valence-electron chi connectivity index (χ2n) is 12.5. The van der Waals surface area contributed by atoms with E-state index in [2.05, 4.69) is 205 Å². The molecule has 0 saturated heterocycles. The summed E-state index contributed by atoms with van der Waals surface area (Å²) in [5.74, 6) is 0. The lowest BCUT2D eigenvalue weighted by atomic mass is 9.90. The van der Waals surface area contributed by atoms with E-state index in [0.29, 0.717) is 0 Å². The molecule has 0 aliphatic heterocycles. The summed E-state index contributed by atoms with van der Waals surface area (Å²) >= 11 is 0. The van der Waals surface area contributed by atoms with Gasteiger partial charge in [-0.05, 0) is 90.5 Å². The topological polar surface area (TPSA) is 3.24 Å². The van der Waals surface area contributed by atoms with Crippen molar-refractivity contribution in [2.45, 2.75) is 0 Å². The Labute approximate surface area is 287 Å². The highest BCUT2D eigenvalue weighted by Gasteiger charge is 2.19. The van der Waals surface area contributed by atoms with Crippen LogP contribution in [0.25, 0.3) is 65.7 Å². The highest BCUT2D eigenvalue weighted by molar-refractivity contribution is 6.12. The lowest BCUT2D eigenvalue weighted by Crippen LogP contribution is -2.11. The van der Waals surface area contributed by atoms with Gasteiger partial charge in [0.2, 0.25) is 0 Å². The Balaban J connectivity index is 1.20. The van der Waals surface area contributed by atoms with Crippen LogP contribution in [0.2, 0.25) is 0 Å². The second-order valence-corrected chi connectivity index (χ2v) is 12.5. The van der Waals surface area contributed by atoms with Crippen molar-refractivity contribution in [2.24, 2.45) is 0 Å². The van der Waals surface area contributed by atoms with Crippen molar-refractivity contribution in [3.05, 3.63) is 200 Å². The molecule has 0 amide bonds. The third-order valence-corrected chi connectivity index (χ3v) is 9.66. The molecular formula is C48H33N. The van der Waals surface area contributed by atoms with Crippen molar-refractivity contribution in [1.29, 1.82) is 0 Å². The Morgan fingerprint density at radius 3 is 1.63 bits per heavy atom. The lowest BCUT2D eigenvalue weighted by Gasteiger charge is -2.28. The fourth-order valence-corrected chi connectivity index (χ4v) is 7.41. The highest BCUT2D eigenvalue weighted by atomic mass is 15.1. The number of hydrogen-bond acceptors (Lipinski definition) is 1. The van der Waals surface area contributed by atoms with E-state index < -0.39 is 0 Å². The largest absolute Gasteiger partial charge is 0.310 e. The van der Waals surface area contributed by atoms with E-state index in [0.717, 1.165) is 17.1 Å². The Kier molecular flexibility index (Phi) is 7.22. The van der Waals surface area contributed by atoms with Crippen LogP contribution in [-0.4, -0.2) is 0 Å². The lowest BCUT2D eigenvalue weighted by molar-refractivity contribution is 1.28. The van der Waals surface area contributed by atoms with Crippen LogP contribution in [0.1, 0.15) is 0 Å². The van der Waals surface area contributed by atoms with Gasteiger partial charge in [-0.1, -0.05) is 170 Å². The number of nitrogens with zero attached hydrogens (tertiary/aromatic N) is 1. The third-order valence-electron chi connectivity index (χ3n) is 9.66. The van der Waals surface area contributed by atoms with Crippen LogP contribution in [0, 0.1) is 0 Å². The maximum absolute atomic E-state index is 2.39. The number of benzene rings is 9. The van der Waals surface area contributed by atoms with Crippen LogP contribution in [0.15, 0.2) is 200 Å². The van der Waals surface area contributed by atoms with Gasteiger partial charge in [-0.25, -0.2) is 0 Å². The van der Waals surface area contributed by atoms with Crippen LogP contribution < -0.4 is 4.90 Å². The molecule has 0 aromatic heterocycles. The Bertz CT molecular complexity index is 2580. The summed E-state index contributed by atoms with van der Waals surface area (Å²) in [6, 6.07) is 72.4. The van der Waals surface area contributed by atoms with E-state index in [1.165, 1.54) is 65.7 Å². The van der Waals surface area contributed by atoms with Crippen LogP contribution in [0.5, 0.6) is 0 Å². The number of anilines is 3. The van der Waals surface area contributed by atoms with Gasteiger partial charge in [-0.15, -0.1) is 0 Å². The number of hydrogen-bond donors (Lipinski definition) is 0. The predicted molar refractivity (Wildman–Crippen MR) is 210 cm³/mol. The summed E-state index contributed by atoms with van der Waals surface area (Å²) in [5.41, 5.74) is 10.7. The van der Waals surface area contributed by atoms with E-state index in [4.69, 9.17) is 0 Å². The SMILES string of the molecule is c1ccc(-c2cccc3cccc(-c4ccccc4N(c4ccccc4)c4ccc(-c5cccc6c5ccc5ccccc56)cc4)c23)cc1. The highest BCUT2D eigenvalue weighted by Crippen LogP contribution is 2.45. The van der Waals surface area contributed by atoms with Gasteiger partial charge in [0.1, 0.15) is 0 Å². The van der Waals surface area contributed by atoms with Crippen molar-refractivity contribution >= 4 is 49.4 Å². The molecule has 0 bridgehead atoms. The summed E-state index contributed by atoms with van der Waals surface area (Å²) in [5, 5.41) is 7.59. The quantitative estimate of drug-likeness (QED) is 0.167. The monoisotopic (exact) mass is 623 g/mol. The molecule has 0 radical (unpaired) electrons. The molecule has 9 aromatic carbocycles. The average Bonchev–Trinajstić information content (AvgIpc) is 3.18. The van der Waals surface area contributed by atoms with Crippen molar-refractivity contribution in [3.8, 4) is 33.4 Å². The van der Waals surface area contributed by atoms with Gasteiger partial charge in [0.05, 0.1) is 5.69 Å². The molecule has 0 fully saturated rings. The second kappa shape index (κ2) is 12.3. The molecule has 0 atom stereocenters. The third kappa shape index (κ3) is 5.13. The van der Waals surface area contributed by atoms with E-state index in [1.807, 2.05) is 0 Å². The Hall–Kier alpha value is -6.44. The first-order valence-corrected chi connectivity index (χ1v) is 16.9. The molecule has 49 heavy (non-hydrogen) atoms. The minimum Gasteiger partial charge on any atom is -0.310 e. The van der Waals surface area contributed by atoms with Gasteiger partial charge in [-0.2, -0.15) is 0 Å². The van der Waals surface area contributed by atoms with E-state index >= 15 is 0 Å².